The zero-order chi connectivity index (χ0) is 16.6. The summed E-state index contributed by atoms with van der Waals surface area (Å²) in [4.78, 5) is 12.5. The van der Waals surface area contributed by atoms with Crippen LogP contribution < -0.4 is 11.1 Å². The first-order valence-electron chi connectivity index (χ1n) is 8.20. The average molecular weight is 349 g/mol. The van der Waals surface area contributed by atoms with Crippen molar-refractivity contribution in [2.24, 2.45) is 5.73 Å². The third-order valence-electron chi connectivity index (χ3n) is 4.46. The number of hydrogen-bond acceptors (Lipinski definition) is 3. The van der Waals surface area contributed by atoms with Crippen LogP contribution in [-0.2, 0) is 12.8 Å². The Hall–Kier alpha value is -1.85. The molecule has 1 aliphatic carbocycles. The van der Waals surface area contributed by atoms with Gasteiger partial charge in [0.2, 0.25) is 0 Å². The molecule has 1 aliphatic rings. The Morgan fingerprint density at radius 1 is 1.38 bits per heavy atom. The second-order valence-electron chi connectivity index (χ2n) is 6.44. The molecule has 3 N–H and O–H groups in total. The Labute approximate surface area is 149 Å². The molecule has 3 rings (SSSR count). The van der Waals surface area contributed by atoms with Crippen LogP contribution in [0, 0.1) is 13.8 Å². The van der Waals surface area contributed by atoms with Crippen molar-refractivity contribution < 1.29 is 4.79 Å². The predicted octanol–water partition coefficient (Wildman–Crippen LogP) is 2.48. The number of hydrogen-bond donors (Lipinski definition) is 2. The lowest BCUT2D eigenvalue weighted by atomic mass is 10.1. The Kier molecular flexibility index (Phi) is 5.67. The van der Waals surface area contributed by atoms with Gasteiger partial charge in [-0.1, -0.05) is 17.7 Å². The van der Waals surface area contributed by atoms with Crippen LogP contribution in [0.1, 0.15) is 46.2 Å². The molecular weight excluding hydrogens is 324 g/mol. The van der Waals surface area contributed by atoms with Crippen molar-refractivity contribution in [1.29, 1.82) is 0 Å². The van der Waals surface area contributed by atoms with E-state index in [4.69, 9.17) is 5.73 Å². The minimum Gasteiger partial charge on any atom is -0.347 e. The van der Waals surface area contributed by atoms with E-state index >= 15 is 0 Å². The maximum Gasteiger partial charge on any atom is 0.272 e. The van der Waals surface area contributed by atoms with Crippen LogP contribution in [-0.4, -0.2) is 28.3 Å². The summed E-state index contributed by atoms with van der Waals surface area (Å²) in [6.45, 7) is 6.49. The highest BCUT2D eigenvalue weighted by atomic mass is 35.5. The van der Waals surface area contributed by atoms with Gasteiger partial charge in [-0.3, -0.25) is 4.79 Å². The highest BCUT2D eigenvalue weighted by Crippen LogP contribution is 2.29. The van der Waals surface area contributed by atoms with E-state index in [0.717, 1.165) is 30.5 Å². The maximum absolute atomic E-state index is 12.5. The van der Waals surface area contributed by atoms with Crippen LogP contribution in [0.2, 0.25) is 0 Å². The van der Waals surface area contributed by atoms with Gasteiger partial charge in [-0.15, -0.1) is 12.4 Å². The van der Waals surface area contributed by atoms with E-state index in [2.05, 4.69) is 42.5 Å². The smallest absolute Gasteiger partial charge is 0.272 e. The summed E-state index contributed by atoms with van der Waals surface area (Å²) < 4.78 is 1.96. The molecule has 0 saturated carbocycles. The van der Waals surface area contributed by atoms with E-state index in [-0.39, 0.29) is 24.4 Å². The monoisotopic (exact) mass is 348 g/mol. The fourth-order valence-corrected chi connectivity index (χ4v) is 3.21. The van der Waals surface area contributed by atoms with E-state index < -0.39 is 0 Å². The van der Waals surface area contributed by atoms with E-state index in [9.17, 15) is 4.79 Å². The Bertz CT molecular complexity index is 754. The maximum atomic E-state index is 12.5. The first-order valence-corrected chi connectivity index (χ1v) is 8.20. The highest BCUT2D eigenvalue weighted by Gasteiger charge is 2.27. The van der Waals surface area contributed by atoms with Crippen molar-refractivity contribution >= 4 is 18.3 Å². The van der Waals surface area contributed by atoms with Crippen LogP contribution in [0.5, 0.6) is 0 Å². The Morgan fingerprint density at radius 3 is 2.79 bits per heavy atom. The van der Waals surface area contributed by atoms with Gasteiger partial charge in [0.25, 0.3) is 5.91 Å². The third kappa shape index (κ3) is 3.32. The lowest BCUT2D eigenvalue weighted by Crippen LogP contribution is -2.38. The number of carbonyl (C=O) groups excluding carboxylic acids is 1. The van der Waals surface area contributed by atoms with E-state index in [1.165, 1.54) is 16.8 Å². The van der Waals surface area contributed by atoms with Gasteiger partial charge in [-0.25, -0.2) is 4.68 Å². The van der Waals surface area contributed by atoms with Gasteiger partial charge in [0.15, 0.2) is 5.69 Å². The number of fused-ring (bicyclic) bond motifs is 1. The van der Waals surface area contributed by atoms with Gasteiger partial charge in [0, 0.05) is 23.8 Å². The number of nitrogens with two attached hydrogens (primary N) is 1. The molecule has 0 fully saturated rings. The van der Waals surface area contributed by atoms with E-state index in [0.29, 0.717) is 12.2 Å². The predicted molar refractivity (Wildman–Crippen MR) is 98.3 cm³/mol. The number of aromatic nitrogens is 2. The van der Waals surface area contributed by atoms with Crippen LogP contribution in [0.25, 0.3) is 5.69 Å². The lowest BCUT2D eigenvalue weighted by molar-refractivity contribution is 0.0935. The second-order valence-corrected chi connectivity index (χ2v) is 6.44. The fourth-order valence-electron chi connectivity index (χ4n) is 3.21. The molecule has 130 valence electrons. The van der Waals surface area contributed by atoms with Gasteiger partial charge >= 0.3 is 0 Å². The largest absolute Gasteiger partial charge is 0.347 e. The normalized spacial score (nSPS) is 14.0. The topological polar surface area (TPSA) is 72.9 Å². The summed E-state index contributed by atoms with van der Waals surface area (Å²) >= 11 is 0. The number of amides is 1. The molecule has 1 amide bonds. The lowest BCUT2D eigenvalue weighted by Gasteiger charge is -2.11. The number of halogens is 1. The average Bonchev–Trinajstić information content (AvgIpc) is 3.09. The van der Waals surface area contributed by atoms with Gasteiger partial charge in [-0.2, -0.15) is 5.10 Å². The molecule has 0 aliphatic heterocycles. The standard InChI is InChI=1S/C18H24N4O.ClH/c1-11-7-8-15(12(2)9-11)22-16-6-4-5-14(16)17(21-22)18(23)20-13(3)10-19;/h7-9,13H,4-6,10,19H2,1-3H3,(H,20,23);1H/t13-;/m0./s1. The molecule has 1 aromatic carbocycles. The van der Waals surface area contributed by atoms with Crippen LogP contribution in [0.15, 0.2) is 18.2 Å². The van der Waals surface area contributed by atoms with Crippen molar-refractivity contribution in [1.82, 2.24) is 15.1 Å². The first kappa shape index (κ1) is 18.5. The van der Waals surface area contributed by atoms with Crippen molar-refractivity contribution in [2.75, 3.05) is 6.54 Å². The van der Waals surface area contributed by atoms with Crippen molar-refractivity contribution in [3.8, 4) is 5.69 Å². The molecule has 0 radical (unpaired) electrons. The van der Waals surface area contributed by atoms with Gasteiger partial charge in [-0.05, 0) is 51.7 Å². The van der Waals surface area contributed by atoms with Gasteiger partial charge < -0.3 is 11.1 Å². The quantitative estimate of drug-likeness (QED) is 0.891. The molecule has 6 heteroatoms. The van der Waals surface area contributed by atoms with E-state index in [1.54, 1.807) is 0 Å². The number of aryl methyl sites for hydroxylation is 2. The molecule has 24 heavy (non-hydrogen) atoms. The second kappa shape index (κ2) is 7.36. The molecule has 0 saturated heterocycles. The Balaban J connectivity index is 0.00000208. The minimum atomic E-state index is -0.121. The zero-order valence-corrected chi connectivity index (χ0v) is 15.2. The first-order chi connectivity index (χ1) is 11.0. The Morgan fingerprint density at radius 2 is 2.12 bits per heavy atom. The molecule has 2 aromatic rings. The number of benzene rings is 1. The van der Waals surface area contributed by atoms with Crippen molar-refractivity contribution in [2.45, 2.75) is 46.1 Å². The number of carbonyl (C=O) groups is 1. The summed E-state index contributed by atoms with van der Waals surface area (Å²) in [7, 11) is 0. The van der Waals surface area contributed by atoms with E-state index in [1.807, 2.05) is 11.6 Å². The summed E-state index contributed by atoms with van der Waals surface area (Å²) in [6.07, 6.45) is 2.96. The molecular formula is C18H25ClN4O. The molecule has 5 nitrogen and oxygen atoms in total. The summed E-state index contributed by atoms with van der Waals surface area (Å²) in [5.41, 5.74) is 11.9. The SMILES string of the molecule is Cc1ccc(-n2nc(C(=O)N[C@@H](C)CN)c3c2CCC3)c(C)c1.Cl. The molecule has 1 heterocycles. The number of nitrogens with one attached hydrogen (secondary N) is 1. The van der Waals surface area contributed by atoms with Crippen molar-refractivity contribution in [3.63, 3.8) is 0 Å². The molecule has 1 aromatic heterocycles. The summed E-state index contributed by atoms with van der Waals surface area (Å²) in [6, 6.07) is 6.27. The number of nitrogens with zero attached hydrogens (tertiary/aromatic N) is 2. The molecule has 0 unspecified atom stereocenters. The van der Waals surface area contributed by atoms with Crippen LogP contribution in [0.3, 0.4) is 0 Å². The number of rotatable bonds is 4. The molecule has 0 spiro atoms. The minimum absolute atomic E-state index is 0. The molecule has 0 bridgehead atoms. The highest BCUT2D eigenvalue weighted by molar-refractivity contribution is 5.94. The van der Waals surface area contributed by atoms with Crippen LogP contribution >= 0.6 is 12.4 Å². The summed E-state index contributed by atoms with van der Waals surface area (Å²) in [5.74, 6) is -0.121. The van der Waals surface area contributed by atoms with Gasteiger partial charge in [0.1, 0.15) is 0 Å². The fraction of sp³-hybridized carbons (Fsp3) is 0.444. The van der Waals surface area contributed by atoms with Crippen molar-refractivity contribution in [3.05, 3.63) is 46.3 Å². The zero-order valence-electron chi connectivity index (χ0n) is 14.4. The van der Waals surface area contributed by atoms with Crippen LogP contribution in [0.4, 0.5) is 0 Å². The molecule has 1 atom stereocenters. The van der Waals surface area contributed by atoms with Gasteiger partial charge in [0.05, 0.1) is 5.69 Å². The summed E-state index contributed by atoms with van der Waals surface area (Å²) in [5, 5.41) is 7.57. The third-order valence-corrected chi connectivity index (χ3v) is 4.46.